The van der Waals surface area contributed by atoms with Gasteiger partial charge in [0.1, 0.15) is 6.10 Å². The molecular formula is C14H16Br2ClN3O. The van der Waals surface area contributed by atoms with Gasteiger partial charge in [0.05, 0.1) is 27.9 Å². The molecule has 0 aliphatic carbocycles. The molecule has 0 aliphatic rings. The Morgan fingerprint density at radius 1 is 1.33 bits per heavy atom. The number of rotatable bonds is 5. The van der Waals surface area contributed by atoms with Crippen LogP contribution in [0, 0.1) is 0 Å². The normalized spacial score (nSPS) is 12.9. The lowest BCUT2D eigenvalue weighted by atomic mass is 10.1. The quantitative estimate of drug-likeness (QED) is 0.776. The maximum absolute atomic E-state index is 10.7. The van der Waals surface area contributed by atoms with E-state index >= 15 is 0 Å². The van der Waals surface area contributed by atoms with Gasteiger partial charge in [-0.1, -0.05) is 17.7 Å². The van der Waals surface area contributed by atoms with Gasteiger partial charge in [-0.15, -0.1) is 0 Å². The highest BCUT2D eigenvalue weighted by Gasteiger charge is 2.20. The molecule has 1 aromatic carbocycles. The van der Waals surface area contributed by atoms with Crippen LogP contribution >= 0.6 is 43.5 Å². The van der Waals surface area contributed by atoms with E-state index in [4.69, 9.17) is 11.6 Å². The summed E-state index contributed by atoms with van der Waals surface area (Å²) in [6, 6.07) is 5.40. The summed E-state index contributed by atoms with van der Waals surface area (Å²) in [5.41, 5.74) is 1.50. The van der Waals surface area contributed by atoms with E-state index in [1.165, 1.54) is 0 Å². The van der Waals surface area contributed by atoms with Gasteiger partial charge in [0.25, 0.3) is 0 Å². The fourth-order valence-corrected chi connectivity index (χ4v) is 2.98. The van der Waals surface area contributed by atoms with Crippen LogP contribution in [0.1, 0.15) is 17.4 Å². The third kappa shape index (κ3) is 4.07. The third-order valence-corrected chi connectivity index (χ3v) is 4.94. The first-order valence-electron chi connectivity index (χ1n) is 6.39. The van der Waals surface area contributed by atoms with Crippen molar-refractivity contribution in [3.63, 3.8) is 0 Å². The van der Waals surface area contributed by atoms with Gasteiger partial charge in [-0.05, 0) is 63.7 Å². The summed E-state index contributed by atoms with van der Waals surface area (Å²) >= 11 is 12.8. The molecule has 7 heteroatoms. The maximum Gasteiger partial charge on any atom is 0.122 e. The largest absolute Gasteiger partial charge is 0.382 e. The zero-order chi connectivity index (χ0) is 15.6. The van der Waals surface area contributed by atoms with E-state index in [0.29, 0.717) is 11.6 Å². The molecule has 4 nitrogen and oxygen atoms in total. The van der Waals surface area contributed by atoms with E-state index in [1.54, 1.807) is 12.3 Å². The minimum absolute atomic E-state index is 0.617. The van der Waals surface area contributed by atoms with E-state index in [2.05, 4.69) is 41.9 Å². The van der Waals surface area contributed by atoms with E-state index in [-0.39, 0.29) is 0 Å². The summed E-state index contributed by atoms with van der Waals surface area (Å²) in [6.45, 7) is 1.55. The van der Waals surface area contributed by atoms with Crippen molar-refractivity contribution >= 4 is 43.5 Å². The Hall–Kier alpha value is -0.400. The molecule has 0 amide bonds. The van der Waals surface area contributed by atoms with Crippen molar-refractivity contribution in [1.82, 2.24) is 14.7 Å². The van der Waals surface area contributed by atoms with Crippen LogP contribution in [0.5, 0.6) is 0 Å². The second-order valence-electron chi connectivity index (χ2n) is 4.98. The molecule has 2 rings (SSSR count). The predicted molar refractivity (Wildman–Crippen MR) is 91.7 cm³/mol. The number of likely N-dealkylation sites (N-methyl/N-ethyl adjacent to an activating group) is 1. The molecule has 1 aromatic heterocycles. The molecule has 0 saturated carbocycles. The molecule has 0 radical (unpaired) electrons. The number of aliphatic hydroxyl groups is 1. The van der Waals surface area contributed by atoms with Crippen molar-refractivity contribution in [2.24, 2.45) is 0 Å². The Bertz CT molecular complexity index is 631. The standard InChI is InChI=1S/C14H16Br2ClN3O/c1-19(2)5-6-20-13(11(16)8-18-20)14(21)9-3-4-12(17)10(15)7-9/h3-4,7-8,14,21H,5-6H2,1-2H3. The molecular weight excluding hydrogens is 421 g/mol. The summed E-state index contributed by atoms with van der Waals surface area (Å²) < 4.78 is 3.37. The molecule has 1 N–H and O–H groups in total. The number of hydrogen-bond acceptors (Lipinski definition) is 3. The Morgan fingerprint density at radius 2 is 2.05 bits per heavy atom. The zero-order valence-electron chi connectivity index (χ0n) is 11.7. The van der Waals surface area contributed by atoms with Crippen molar-refractivity contribution in [3.8, 4) is 0 Å². The van der Waals surface area contributed by atoms with Crippen LogP contribution in [0.2, 0.25) is 5.02 Å². The van der Waals surface area contributed by atoms with Crippen LogP contribution in [0.15, 0.2) is 33.3 Å². The fraction of sp³-hybridized carbons (Fsp3) is 0.357. The summed E-state index contributed by atoms with van der Waals surface area (Å²) in [4.78, 5) is 2.07. The average Bonchev–Trinajstić information content (AvgIpc) is 2.80. The van der Waals surface area contributed by atoms with E-state index in [9.17, 15) is 5.11 Å². The lowest BCUT2D eigenvalue weighted by Crippen LogP contribution is -2.21. The number of halogens is 3. The smallest absolute Gasteiger partial charge is 0.122 e. The molecule has 21 heavy (non-hydrogen) atoms. The Balaban J connectivity index is 2.31. The van der Waals surface area contributed by atoms with Crippen molar-refractivity contribution in [2.45, 2.75) is 12.6 Å². The molecule has 1 atom stereocenters. The average molecular weight is 438 g/mol. The molecule has 114 valence electrons. The maximum atomic E-state index is 10.7. The summed E-state index contributed by atoms with van der Waals surface area (Å²) in [7, 11) is 4.01. The first-order chi connectivity index (χ1) is 9.90. The van der Waals surface area contributed by atoms with Crippen molar-refractivity contribution in [2.75, 3.05) is 20.6 Å². The molecule has 0 aliphatic heterocycles. The van der Waals surface area contributed by atoms with Gasteiger partial charge in [-0.3, -0.25) is 4.68 Å². The SMILES string of the molecule is CN(C)CCn1ncc(Br)c1C(O)c1ccc(Cl)c(Br)c1. The molecule has 1 unspecified atom stereocenters. The molecule has 0 saturated heterocycles. The summed E-state index contributed by atoms with van der Waals surface area (Å²) in [5, 5.41) is 15.6. The van der Waals surface area contributed by atoms with Crippen molar-refractivity contribution < 1.29 is 5.11 Å². The van der Waals surface area contributed by atoms with Gasteiger partial charge in [0.2, 0.25) is 0 Å². The number of nitrogens with zero attached hydrogens (tertiary/aromatic N) is 3. The second-order valence-corrected chi connectivity index (χ2v) is 7.10. The molecule has 0 fully saturated rings. The Morgan fingerprint density at radius 3 is 2.67 bits per heavy atom. The van der Waals surface area contributed by atoms with E-state index in [1.807, 2.05) is 30.9 Å². The number of aromatic nitrogens is 2. The topological polar surface area (TPSA) is 41.3 Å². The third-order valence-electron chi connectivity index (χ3n) is 3.11. The van der Waals surface area contributed by atoms with Crippen LogP contribution in [0.3, 0.4) is 0 Å². The monoisotopic (exact) mass is 435 g/mol. The van der Waals surface area contributed by atoms with E-state index < -0.39 is 6.10 Å². The minimum atomic E-state index is -0.766. The minimum Gasteiger partial charge on any atom is -0.382 e. The van der Waals surface area contributed by atoms with Crippen molar-refractivity contribution in [1.29, 1.82) is 0 Å². The van der Waals surface area contributed by atoms with Gasteiger partial charge in [0, 0.05) is 11.0 Å². The van der Waals surface area contributed by atoms with Crippen LogP contribution in [0.25, 0.3) is 0 Å². The number of benzene rings is 1. The van der Waals surface area contributed by atoms with Crippen molar-refractivity contribution in [3.05, 3.63) is 49.6 Å². The Labute approximate surface area is 146 Å². The van der Waals surface area contributed by atoms with E-state index in [0.717, 1.165) is 26.7 Å². The van der Waals surface area contributed by atoms with Crippen LogP contribution < -0.4 is 0 Å². The highest BCUT2D eigenvalue weighted by Crippen LogP contribution is 2.32. The molecule has 1 heterocycles. The first-order valence-corrected chi connectivity index (χ1v) is 8.35. The first kappa shape index (κ1) is 17.0. The predicted octanol–water partition coefficient (Wildman–Crippen LogP) is 3.70. The second kappa shape index (κ2) is 7.24. The van der Waals surface area contributed by atoms with Gasteiger partial charge in [0.15, 0.2) is 0 Å². The number of aliphatic hydroxyl groups excluding tert-OH is 1. The highest BCUT2D eigenvalue weighted by molar-refractivity contribution is 9.10. The lowest BCUT2D eigenvalue weighted by Gasteiger charge is -2.17. The zero-order valence-corrected chi connectivity index (χ0v) is 15.7. The fourth-order valence-electron chi connectivity index (χ4n) is 1.96. The molecule has 2 aromatic rings. The molecule has 0 bridgehead atoms. The van der Waals surface area contributed by atoms with Crippen LogP contribution in [0.4, 0.5) is 0 Å². The van der Waals surface area contributed by atoms with Gasteiger partial charge in [-0.2, -0.15) is 5.10 Å². The van der Waals surface area contributed by atoms with Gasteiger partial charge < -0.3 is 10.0 Å². The number of hydrogen-bond donors (Lipinski definition) is 1. The molecule has 0 spiro atoms. The van der Waals surface area contributed by atoms with Crippen LogP contribution in [-0.4, -0.2) is 40.4 Å². The highest BCUT2D eigenvalue weighted by atomic mass is 79.9. The summed E-state index contributed by atoms with van der Waals surface area (Å²) in [5.74, 6) is 0. The van der Waals surface area contributed by atoms with Gasteiger partial charge in [-0.25, -0.2) is 0 Å². The lowest BCUT2D eigenvalue weighted by molar-refractivity contribution is 0.204. The summed E-state index contributed by atoms with van der Waals surface area (Å²) in [6.07, 6.45) is 0.941. The van der Waals surface area contributed by atoms with Crippen LogP contribution in [-0.2, 0) is 6.54 Å². The Kier molecular flexibility index (Phi) is 5.85. The van der Waals surface area contributed by atoms with Gasteiger partial charge >= 0.3 is 0 Å².